The highest BCUT2D eigenvalue weighted by atomic mass is 16.4. The van der Waals surface area contributed by atoms with Crippen molar-refractivity contribution >= 4 is 5.97 Å². The molecule has 0 aromatic carbocycles. The summed E-state index contributed by atoms with van der Waals surface area (Å²) in [5.41, 5.74) is 1.41. The lowest BCUT2D eigenvalue weighted by Crippen LogP contribution is -2.19. The average molecular weight is 360 g/mol. The van der Waals surface area contributed by atoms with Crippen LogP contribution < -0.4 is 0 Å². The molecular weight excluding hydrogens is 328 g/mol. The van der Waals surface area contributed by atoms with Crippen LogP contribution in [0.3, 0.4) is 0 Å². The Morgan fingerprint density at radius 3 is 2.85 bits per heavy atom. The second kappa shape index (κ2) is 9.94. The number of aliphatic hydroxyl groups excluding tert-OH is 2. The number of allylic oxidation sites excluding steroid dienone is 2. The summed E-state index contributed by atoms with van der Waals surface area (Å²) in [7, 11) is 0. The molecule has 0 aliphatic heterocycles. The van der Waals surface area contributed by atoms with Crippen LogP contribution in [0.25, 0.3) is 0 Å². The number of carboxylic acids is 1. The molecule has 0 radical (unpaired) electrons. The zero-order valence-corrected chi connectivity index (χ0v) is 15.9. The number of fused-ring (bicyclic) bond motifs is 1. The molecule has 0 saturated heterocycles. The van der Waals surface area contributed by atoms with Crippen molar-refractivity contribution < 1.29 is 20.1 Å². The first kappa shape index (κ1) is 20.7. The highest BCUT2D eigenvalue weighted by Gasteiger charge is 2.44. The van der Waals surface area contributed by atoms with Crippen molar-refractivity contribution in [3.63, 3.8) is 0 Å². The maximum Gasteiger partial charge on any atom is 0.303 e. The first-order chi connectivity index (χ1) is 12.4. The van der Waals surface area contributed by atoms with E-state index in [4.69, 9.17) is 5.11 Å². The number of carboxylic acid groups (broad SMARTS) is 1. The molecule has 0 aromatic heterocycles. The van der Waals surface area contributed by atoms with Gasteiger partial charge in [0.15, 0.2) is 0 Å². The van der Waals surface area contributed by atoms with Gasteiger partial charge in [-0.15, -0.1) is 11.8 Å². The van der Waals surface area contributed by atoms with E-state index in [2.05, 4.69) is 17.9 Å². The van der Waals surface area contributed by atoms with Crippen LogP contribution in [-0.4, -0.2) is 33.5 Å². The second-order valence-electron chi connectivity index (χ2n) is 7.84. The molecule has 0 heterocycles. The van der Waals surface area contributed by atoms with Gasteiger partial charge in [0.25, 0.3) is 0 Å². The molecular formula is C22H32O4. The molecule has 2 fully saturated rings. The molecule has 0 bridgehead atoms. The Morgan fingerprint density at radius 1 is 1.38 bits per heavy atom. The van der Waals surface area contributed by atoms with E-state index in [1.807, 2.05) is 19.1 Å². The Bertz CT molecular complexity index is 595. The maximum atomic E-state index is 10.6. The lowest BCUT2D eigenvalue weighted by molar-refractivity contribution is -0.137. The standard InChI is InChI=1S/C22H32O4/c1-3-4-7-15(2)20(23)11-10-18-19-13-16(8-5-6-9-22(25)26)12-17(19)14-21(18)24/h8,10-11,15,17-21,23-24H,5-7,9,12-14H2,1-2H3,(H,25,26)/b11-10+,16-8+/t15-,17+,18+,19-,20+,21+/m0/s1. The SMILES string of the molecule is CC#CC[C@H](C)[C@H](O)/C=C/[C@@H]1[C@H]2C/C(=C/CCCC(=O)O)C[C@@H]2C[C@H]1O. The largest absolute Gasteiger partial charge is 0.481 e. The minimum atomic E-state index is -0.738. The van der Waals surface area contributed by atoms with Crippen LogP contribution in [0.1, 0.15) is 58.8 Å². The molecule has 0 amide bonds. The topological polar surface area (TPSA) is 77.8 Å². The molecule has 144 valence electrons. The van der Waals surface area contributed by atoms with Crippen molar-refractivity contribution in [2.75, 3.05) is 0 Å². The van der Waals surface area contributed by atoms with Crippen molar-refractivity contribution in [2.24, 2.45) is 23.7 Å². The van der Waals surface area contributed by atoms with E-state index in [-0.39, 0.29) is 24.4 Å². The summed E-state index contributed by atoms with van der Waals surface area (Å²) in [6.07, 6.45) is 10.4. The van der Waals surface area contributed by atoms with E-state index < -0.39 is 12.1 Å². The van der Waals surface area contributed by atoms with Crippen molar-refractivity contribution in [3.05, 3.63) is 23.8 Å². The second-order valence-corrected chi connectivity index (χ2v) is 7.84. The zero-order valence-electron chi connectivity index (χ0n) is 15.9. The van der Waals surface area contributed by atoms with Gasteiger partial charge >= 0.3 is 5.97 Å². The Balaban J connectivity index is 1.89. The minimum Gasteiger partial charge on any atom is -0.481 e. The molecule has 2 aliphatic carbocycles. The summed E-state index contributed by atoms with van der Waals surface area (Å²) >= 11 is 0. The van der Waals surface area contributed by atoms with Crippen LogP contribution in [0, 0.1) is 35.5 Å². The summed E-state index contributed by atoms with van der Waals surface area (Å²) < 4.78 is 0. The predicted octanol–water partition coefficient (Wildman–Crippen LogP) is 3.54. The zero-order chi connectivity index (χ0) is 19.1. The Morgan fingerprint density at radius 2 is 2.15 bits per heavy atom. The van der Waals surface area contributed by atoms with E-state index in [0.717, 1.165) is 25.7 Å². The van der Waals surface area contributed by atoms with Gasteiger partial charge in [-0.05, 0) is 56.8 Å². The van der Waals surface area contributed by atoms with Crippen LogP contribution in [0.15, 0.2) is 23.8 Å². The van der Waals surface area contributed by atoms with Crippen LogP contribution >= 0.6 is 0 Å². The van der Waals surface area contributed by atoms with Crippen LogP contribution in [0.2, 0.25) is 0 Å². The van der Waals surface area contributed by atoms with Gasteiger partial charge in [-0.3, -0.25) is 4.79 Å². The number of aliphatic hydroxyl groups is 2. The summed E-state index contributed by atoms with van der Waals surface area (Å²) in [5.74, 6) is 6.25. The fourth-order valence-corrected chi connectivity index (χ4v) is 4.31. The van der Waals surface area contributed by atoms with Gasteiger partial charge in [0.05, 0.1) is 12.2 Å². The van der Waals surface area contributed by atoms with Gasteiger partial charge in [-0.1, -0.05) is 30.7 Å². The molecule has 2 saturated carbocycles. The van der Waals surface area contributed by atoms with E-state index in [0.29, 0.717) is 24.7 Å². The first-order valence-electron chi connectivity index (χ1n) is 9.76. The molecule has 4 heteroatoms. The Labute approximate surface area is 157 Å². The summed E-state index contributed by atoms with van der Waals surface area (Å²) in [4.78, 5) is 10.6. The van der Waals surface area contributed by atoms with Gasteiger partial charge in [-0.2, -0.15) is 0 Å². The van der Waals surface area contributed by atoms with Gasteiger partial charge in [0.1, 0.15) is 0 Å². The number of unbranched alkanes of at least 4 members (excludes halogenated alkanes) is 1. The molecule has 2 aliphatic rings. The molecule has 0 spiro atoms. The van der Waals surface area contributed by atoms with Crippen molar-refractivity contribution in [1.82, 2.24) is 0 Å². The van der Waals surface area contributed by atoms with Crippen LogP contribution in [0.4, 0.5) is 0 Å². The number of carbonyl (C=O) groups is 1. The fraction of sp³-hybridized carbons (Fsp3) is 0.682. The van der Waals surface area contributed by atoms with E-state index in [1.165, 1.54) is 5.57 Å². The molecule has 0 aromatic rings. The molecule has 26 heavy (non-hydrogen) atoms. The number of aliphatic carboxylic acids is 1. The lowest BCUT2D eigenvalue weighted by atomic mass is 9.89. The maximum absolute atomic E-state index is 10.6. The minimum absolute atomic E-state index is 0.0845. The Kier molecular flexibility index (Phi) is 7.93. The van der Waals surface area contributed by atoms with Gasteiger partial charge in [0, 0.05) is 18.8 Å². The normalized spacial score (nSPS) is 31.6. The van der Waals surface area contributed by atoms with E-state index in [9.17, 15) is 15.0 Å². The smallest absolute Gasteiger partial charge is 0.303 e. The summed E-state index contributed by atoms with van der Waals surface area (Å²) in [6, 6.07) is 0. The molecule has 2 rings (SSSR count). The van der Waals surface area contributed by atoms with Crippen molar-refractivity contribution in [3.8, 4) is 11.8 Å². The number of hydrogen-bond donors (Lipinski definition) is 3. The summed E-state index contributed by atoms with van der Waals surface area (Å²) in [6.45, 7) is 3.79. The van der Waals surface area contributed by atoms with E-state index >= 15 is 0 Å². The third-order valence-corrected chi connectivity index (χ3v) is 5.85. The highest BCUT2D eigenvalue weighted by molar-refractivity contribution is 5.66. The molecule has 6 atom stereocenters. The summed E-state index contributed by atoms with van der Waals surface area (Å²) in [5, 5.41) is 29.4. The third kappa shape index (κ3) is 5.72. The van der Waals surface area contributed by atoms with Crippen molar-refractivity contribution in [2.45, 2.75) is 71.0 Å². The first-order valence-corrected chi connectivity index (χ1v) is 9.76. The lowest BCUT2D eigenvalue weighted by Gasteiger charge is -2.19. The van der Waals surface area contributed by atoms with Crippen LogP contribution in [-0.2, 0) is 4.79 Å². The van der Waals surface area contributed by atoms with E-state index in [1.54, 1.807) is 6.92 Å². The van der Waals surface area contributed by atoms with Crippen molar-refractivity contribution in [1.29, 1.82) is 0 Å². The average Bonchev–Trinajstić information content (AvgIpc) is 3.10. The monoisotopic (exact) mass is 360 g/mol. The third-order valence-electron chi connectivity index (χ3n) is 5.85. The predicted molar refractivity (Wildman–Crippen MR) is 102 cm³/mol. The van der Waals surface area contributed by atoms with Gasteiger partial charge < -0.3 is 15.3 Å². The molecule has 4 nitrogen and oxygen atoms in total. The number of rotatable bonds is 8. The number of hydrogen-bond acceptors (Lipinski definition) is 3. The van der Waals surface area contributed by atoms with Crippen LogP contribution in [0.5, 0.6) is 0 Å². The fourth-order valence-electron chi connectivity index (χ4n) is 4.31. The molecule has 3 N–H and O–H groups in total. The highest BCUT2D eigenvalue weighted by Crippen LogP contribution is 2.50. The molecule has 0 unspecified atom stereocenters. The van der Waals surface area contributed by atoms with Gasteiger partial charge in [0.2, 0.25) is 0 Å². The Hall–Kier alpha value is -1.57. The van der Waals surface area contributed by atoms with Gasteiger partial charge in [-0.25, -0.2) is 0 Å². The quantitative estimate of drug-likeness (QED) is 0.351.